The van der Waals surface area contributed by atoms with Gasteiger partial charge in [0.15, 0.2) is 0 Å². The van der Waals surface area contributed by atoms with E-state index in [0.29, 0.717) is 10.6 Å². The molecule has 1 heterocycles. The molecule has 2 aromatic carbocycles. The zero-order valence-electron chi connectivity index (χ0n) is 13.0. The van der Waals surface area contributed by atoms with E-state index in [-0.39, 0.29) is 11.9 Å². The third-order valence-corrected chi connectivity index (χ3v) is 4.05. The van der Waals surface area contributed by atoms with E-state index < -0.39 is 0 Å². The van der Waals surface area contributed by atoms with Gasteiger partial charge in [0.2, 0.25) is 0 Å². The number of hydrogen-bond donors (Lipinski definition) is 1. The number of hydrogen-bond acceptors (Lipinski definition) is 3. The molecule has 5 nitrogen and oxygen atoms in total. The largest absolute Gasteiger partial charge is 0.346 e. The second kappa shape index (κ2) is 6.38. The number of benzene rings is 2. The van der Waals surface area contributed by atoms with Crippen LogP contribution in [-0.4, -0.2) is 20.9 Å². The zero-order chi connectivity index (χ0) is 16.4. The number of nitrogens with zero attached hydrogens (tertiary/aromatic N) is 3. The Kier molecular flexibility index (Phi) is 4.30. The van der Waals surface area contributed by atoms with Crippen molar-refractivity contribution >= 4 is 28.5 Å². The number of halogens is 1. The number of nitrogens with one attached hydrogen (secondary N) is 1. The van der Waals surface area contributed by atoms with E-state index in [1.807, 2.05) is 44.2 Å². The molecule has 1 amide bonds. The second-order valence-corrected chi connectivity index (χ2v) is 5.79. The first kappa shape index (κ1) is 15.5. The van der Waals surface area contributed by atoms with Crippen molar-refractivity contribution in [3.63, 3.8) is 0 Å². The molecule has 0 fully saturated rings. The monoisotopic (exact) mass is 328 g/mol. The summed E-state index contributed by atoms with van der Waals surface area (Å²) in [5.74, 6) is -0.139. The predicted octanol–water partition coefficient (Wildman–Crippen LogP) is 3.60. The number of carbonyl (C=O) groups excluding carboxylic acids is 1. The number of aromatic nitrogens is 3. The maximum Gasteiger partial charge on any atom is 0.251 e. The lowest BCUT2D eigenvalue weighted by Gasteiger charge is -2.14. The lowest BCUT2D eigenvalue weighted by atomic mass is 10.1. The molecule has 0 saturated heterocycles. The Hall–Kier alpha value is -2.40. The minimum Gasteiger partial charge on any atom is -0.346 e. The van der Waals surface area contributed by atoms with Crippen LogP contribution in [0, 0.1) is 0 Å². The Morgan fingerprint density at radius 1 is 1.26 bits per heavy atom. The van der Waals surface area contributed by atoms with Gasteiger partial charge in [0, 0.05) is 17.1 Å². The smallest absolute Gasteiger partial charge is 0.251 e. The third-order valence-electron chi connectivity index (χ3n) is 3.79. The summed E-state index contributed by atoms with van der Waals surface area (Å²) in [6.45, 7) is 4.69. The van der Waals surface area contributed by atoms with Crippen molar-refractivity contribution in [2.75, 3.05) is 0 Å². The lowest BCUT2D eigenvalue weighted by Crippen LogP contribution is -2.26. The van der Waals surface area contributed by atoms with E-state index in [2.05, 4.69) is 15.6 Å². The van der Waals surface area contributed by atoms with Crippen LogP contribution < -0.4 is 5.32 Å². The highest BCUT2D eigenvalue weighted by Gasteiger charge is 2.13. The Bertz CT molecular complexity index is 841. The molecule has 1 atom stereocenters. The summed E-state index contributed by atoms with van der Waals surface area (Å²) in [4.78, 5) is 12.4. The van der Waals surface area contributed by atoms with Crippen molar-refractivity contribution in [3.8, 4) is 0 Å². The van der Waals surface area contributed by atoms with Crippen molar-refractivity contribution in [3.05, 3.63) is 58.6 Å². The average Bonchev–Trinajstić information content (AvgIpc) is 2.97. The Morgan fingerprint density at radius 2 is 2.00 bits per heavy atom. The molecular formula is C17H17ClN4O. The average molecular weight is 329 g/mol. The van der Waals surface area contributed by atoms with E-state index in [9.17, 15) is 4.79 Å². The van der Waals surface area contributed by atoms with Gasteiger partial charge in [-0.1, -0.05) is 28.9 Å². The second-order valence-electron chi connectivity index (χ2n) is 5.36. The quantitative estimate of drug-likeness (QED) is 0.796. The molecule has 0 saturated carbocycles. The fourth-order valence-electron chi connectivity index (χ4n) is 2.46. The standard InChI is InChI=1S/C17H17ClN4O/c1-3-22-16-9-6-13(10-15(16)20-21-22)17(23)19-11(2)12-4-7-14(18)8-5-12/h4-11H,3H2,1-2H3,(H,19,23)/t11-/m1/s1. The van der Waals surface area contributed by atoms with Crippen LogP contribution in [0.3, 0.4) is 0 Å². The molecule has 3 aromatic rings. The molecule has 0 aliphatic rings. The van der Waals surface area contributed by atoms with Gasteiger partial charge in [0.1, 0.15) is 5.52 Å². The highest BCUT2D eigenvalue weighted by atomic mass is 35.5. The molecule has 3 rings (SSSR count). The molecule has 1 N–H and O–H groups in total. The first-order valence-electron chi connectivity index (χ1n) is 7.48. The van der Waals surface area contributed by atoms with E-state index in [1.165, 1.54) is 0 Å². The normalized spacial score (nSPS) is 12.3. The van der Waals surface area contributed by atoms with E-state index in [4.69, 9.17) is 11.6 Å². The Morgan fingerprint density at radius 3 is 2.70 bits per heavy atom. The maximum absolute atomic E-state index is 12.4. The van der Waals surface area contributed by atoms with Gasteiger partial charge in [0.05, 0.1) is 11.6 Å². The highest BCUT2D eigenvalue weighted by Crippen LogP contribution is 2.18. The molecule has 0 radical (unpaired) electrons. The number of fused-ring (bicyclic) bond motifs is 1. The number of amides is 1. The van der Waals surface area contributed by atoms with Crippen LogP contribution in [-0.2, 0) is 6.54 Å². The van der Waals surface area contributed by atoms with E-state index in [1.54, 1.807) is 16.8 Å². The summed E-state index contributed by atoms with van der Waals surface area (Å²) in [7, 11) is 0. The van der Waals surface area contributed by atoms with Gasteiger partial charge in [-0.15, -0.1) is 5.10 Å². The molecule has 0 spiro atoms. The summed E-state index contributed by atoms with van der Waals surface area (Å²) < 4.78 is 1.80. The fraction of sp³-hybridized carbons (Fsp3) is 0.235. The maximum atomic E-state index is 12.4. The molecule has 1 aromatic heterocycles. The van der Waals surface area contributed by atoms with Crippen LogP contribution in [0.15, 0.2) is 42.5 Å². The molecule has 0 aliphatic heterocycles. The molecule has 118 valence electrons. The molecule has 23 heavy (non-hydrogen) atoms. The fourth-order valence-corrected chi connectivity index (χ4v) is 2.59. The van der Waals surface area contributed by atoms with E-state index in [0.717, 1.165) is 23.1 Å². The predicted molar refractivity (Wildman–Crippen MR) is 90.5 cm³/mol. The van der Waals surface area contributed by atoms with E-state index >= 15 is 0 Å². The van der Waals surface area contributed by atoms with Gasteiger partial charge in [-0.2, -0.15) is 0 Å². The van der Waals surface area contributed by atoms with Crippen molar-refractivity contribution < 1.29 is 4.79 Å². The summed E-state index contributed by atoms with van der Waals surface area (Å²) in [6, 6.07) is 12.8. The SMILES string of the molecule is CCn1nnc2cc(C(=O)N[C@H](C)c3ccc(Cl)cc3)ccc21. The van der Waals surface area contributed by atoms with Crippen molar-refractivity contribution in [2.24, 2.45) is 0 Å². The number of rotatable bonds is 4. The molecular weight excluding hydrogens is 312 g/mol. The van der Waals surface area contributed by atoms with Crippen molar-refractivity contribution in [1.29, 1.82) is 0 Å². The van der Waals surface area contributed by atoms with Gasteiger partial charge in [-0.25, -0.2) is 4.68 Å². The molecule has 6 heteroatoms. The van der Waals surface area contributed by atoms with Gasteiger partial charge >= 0.3 is 0 Å². The van der Waals surface area contributed by atoms with Gasteiger partial charge < -0.3 is 5.32 Å². The van der Waals surface area contributed by atoms with Crippen molar-refractivity contribution in [1.82, 2.24) is 20.3 Å². The minimum atomic E-state index is -0.139. The van der Waals surface area contributed by atoms with Crippen LogP contribution in [0.1, 0.15) is 35.8 Å². The zero-order valence-corrected chi connectivity index (χ0v) is 13.7. The van der Waals surface area contributed by atoms with Gasteiger partial charge in [-0.05, 0) is 49.7 Å². The van der Waals surface area contributed by atoms with Crippen LogP contribution in [0.25, 0.3) is 11.0 Å². The third kappa shape index (κ3) is 3.19. The topological polar surface area (TPSA) is 59.8 Å². The lowest BCUT2D eigenvalue weighted by molar-refractivity contribution is 0.0940. The van der Waals surface area contributed by atoms with Gasteiger partial charge in [0.25, 0.3) is 5.91 Å². The Labute approximate surface area is 139 Å². The summed E-state index contributed by atoms with van der Waals surface area (Å²) in [5, 5.41) is 11.8. The molecule has 0 unspecified atom stereocenters. The first-order valence-corrected chi connectivity index (χ1v) is 7.86. The molecule has 0 bridgehead atoms. The van der Waals surface area contributed by atoms with Crippen molar-refractivity contribution in [2.45, 2.75) is 26.4 Å². The van der Waals surface area contributed by atoms with Crippen LogP contribution in [0.4, 0.5) is 0 Å². The first-order chi connectivity index (χ1) is 11.1. The number of aryl methyl sites for hydroxylation is 1. The Balaban J connectivity index is 1.78. The number of carbonyl (C=O) groups is 1. The summed E-state index contributed by atoms with van der Waals surface area (Å²) in [6.07, 6.45) is 0. The highest BCUT2D eigenvalue weighted by molar-refractivity contribution is 6.30. The summed E-state index contributed by atoms with van der Waals surface area (Å²) >= 11 is 5.89. The van der Waals surface area contributed by atoms with Crippen LogP contribution in [0.2, 0.25) is 5.02 Å². The van der Waals surface area contributed by atoms with Crippen LogP contribution in [0.5, 0.6) is 0 Å². The van der Waals surface area contributed by atoms with Gasteiger partial charge in [-0.3, -0.25) is 4.79 Å². The van der Waals surface area contributed by atoms with Crippen LogP contribution >= 0.6 is 11.6 Å². The minimum absolute atomic E-state index is 0.109. The summed E-state index contributed by atoms with van der Waals surface area (Å²) in [5.41, 5.74) is 3.22. The molecule has 0 aliphatic carbocycles.